The maximum Gasteiger partial charge on any atom is 0.231 e. The number of rotatable bonds is 6. The molecule has 1 unspecified atom stereocenters. The van der Waals surface area contributed by atoms with Crippen molar-refractivity contribution in [3.63, 3.8) is 0 Å². The van der Waals surface area contributed by atoms with Crippen molar-refractivity contribution in [3.05, 3.63) is 96.1 Å². The van der Waals surface area contributed by atoms with Gasteiger partial charge < -0.3 is 23.8 Å². The maximum absolute atomic E-state index is 5.80. The van der Waals surface area contributed by atoms with E-state index in [2.05, 4.69) is 69.8 Å². The molecule has 8 nitrogen and oxygen atoms in total. The summed E-state index contributed by atoms with van der Waals surface area (Å²) in [7, 11) is 4.24. The number of pyridine rings is 1. The van der Waals surface area contributed by atoms with Gasteiger partial charge in [-0.3, -0.25) is 4.98 Å². The fraction of sp³-hybridized carbons (Fsp3) is 0.258. The van der Waals surface area contributed by atoms with Gasteiger partial charge in [-0.2, -0.15) is 0 Å². The topological polar surface area (TPSA) is 68.5 Å². The van der Waals surface area contributed by atoms with Crippen molar-refractivity contribution >= 4 is 16.9 Å². The van der Waals surface area contributed by atoms with E-state index in [9.17, 15) is 0 Å². The molecular weight excluding hydrogens is 488 g/mol. The fourth-order valence-electron chi connectivity index (χ4n) is 5.79. The van der Waals surface area contributed by atoms with Gasteiger partial charge >= 0.3 is 0 Å². The van der Waals surface area contributed by atoms with Crippen LogP contribution in [-0.4, -0.2) is 58.4 Å². The molecule has 0 bridgehead atoms. The maximum atomic E-state index is 5.80. The number of likely N-dealkylation sites (N-methyl/N-ethyl adjacent to an activating group) is 1. The van der Waals surface area contributed by atoms with Gasteiger partial charge in [-0.1, -0.05) is 30.3 Å². The average Bonchev–Trinajstić information content (AvgIpc) is 3.58. The Labute approximate surface area is 227 Å². The van der Waals surface area contributed by atoms with Gasteiger partial charge in [0.05, 0.1) is 11.7 Å². The lowest BCUT2D eigenvalue weighted by Crippen LogP contribution is -2.38. The second kappa shape index (κ2) is 9.71. The number of hydrogen-bond donors (Lipinski definition) is 0. The summed E-state index contributed by atoms with van der Waals surface area (Å²) in [5.74, 6) is 2.26. The van der Waals surface area contributed by atoms with Crippen molar-refractivity contribution in [3.8, 4) is 22.8 Å². The highest BCUT2D eigenvalue weighted by Crippen LogP contribution is 2.44. The number of anilines is 1. The zero-order valence-corrected chi connectivity index (χ0v) is 22.1. The summed E-state index contributed by atoms with van der Waals surface area (Å²) in [6.07, 6.45) is 6.45. The van der Waals surface area contributed by atoms with Gasteiger partial charge in [-0.05, 0) is 62.0 Å². The summed E-state index contributed by atoms with van der Waals surface area (Å²) in [6.45, 7) is 2.88. The van der Waals surface area contributed by atoms with Crippen LogP contribution in [0.2, 0.25) is 0 Å². The first kappa shape index (κ1) is 23.7. The summed E-state index contributed by atoms with van der Waals surface area (Å²) < 4.78 is 13.9. The SMILES string of the molecule is CN(C)CCn1c2c(c3ccccc31)CCN(c1ncc(-c3ccccn3)cn1)C2c1ccc2c(c1)OCO2. The molecule has 5 heterocycles. The van der Waals surface area contributed by atoms with Crippen LogP contribution in [0.1, 0.15) is 22.9 Å². The minimum absolute atomic E-state index is 0.0847. The second-order valence-corrected chi connectivity index (χ2v) is 10.3. The van der Waals surface area contributed by atoms with Crippen LogP contribution in [0.25, 0.3) is 22.2 Å². The van der Waals surface area contributed by atoms with Crippen LogP contribution in [0.15, 0.2) is 79.3 Å². The van der Waals surface area contributed by atoms with Gasteiger partial charge in [0.2, 0.25) is 12.7 Å². The number of aromatic nitrogens is 4. The summed E-state index contributed by atoms with van der Waals surface area (Å²) in [4.78, 5) is 18.7. The van der Waals surface area contributed by atoms with E-state index in [0.29, 0.717) is 5.95 Å². The second-order valence-electron chi connectivity index (χ2n) is 10.3. The number of benzene rings is 2. The molecule has 5 aromatic rings. The molecule has 8 heteroatoms. The Hall–Kier alpha value is -4.43. The van der Waals surface area contributed by atoms with Crippen LogP contribution >= 0.6 is 0 Å². The van der Waals surface area contributed by atoms with Crippen LogP contribution in [0.3, 0.4) is 0 Å². The average molecular weight is 519 g/mol. The standard InChI is InChI=1S/C31H30N6O2/c1-35(2)15-16-36-26-9-4-3-7-23(26)24-12-14-37(31-33-18-22(19-34-31)25-8-5-6-13-32-25)29(30(24)36)21-10-11-27-28(17-21)39-20-38-27/h3-11,13,17-19,29H,12,14-16,20H2,1-2H3. The van der Waals surface area contributed by atoms with Crippen molar-refractivity contribution in [1.29, 1.82) is 0 Å². The van der Waals surface area contributed by atoms with Gasteiger partial charge in [0.15, 0.2) is 11.5 Å². The lowest BCUT2D eigenvalue weighted by molar-refractivity contribution is 0.174. The molecule has 0 amide bonds. The van der Waals surface area contributed by atoms with Crippen LogP contribution in [-0.2, 0) is 13.0 Å². The predicted molar refractivity (Wildman–Crippen MR) is 151 cm³/mol. The van der Waals surface area contributed by atoms with Gasteiger partial charge in [0.25, 0.3) is 0 Å². The molecule has 3 aromatic heterocycles. The zero-order valence-electron chi connectivity index (χ0n) is 22.1. The van der Waals surface area contributed by atoms with Crippen molar-refractivity contribution in [2.75, 3.05) is 38.9 Å². The van der Waals surface area contributed by atoms with Crippen molar-refractivity contribution in [2.45, 2.75) is 19.0 Å². The Morgan fingerprint density at radius 2 is 1.74 bits per heavy atom. The van der Waals surface area contributed by atoms with E-state index in [1.165, 1.54) is 22.2 Å². The van der Waals surface area contributed by atoms with Crippen molar-refractivity contribution in [1.82, 2.24) is 24.4 Å². The highest BCUT2D eigenvalue weighted by atomic mass is 16.7. The first-order valence-corrected chi connectivity index (χ1v) is 13.3. The van der Waals surface area contributed by atoms with Gasteiger partial charge in [-0.25, -0.2) is 9.97 Å². The van der Waals surface area contributed by atoms with Crippen LogP contribution in [0, 0.1) is 0 Å². The first-order valence-electron chi connectivity index (χ1n) is 13.3. The molecule has 0 spiro atoms. The molecule has 0 fully saturated rings. The molecule has 39 heavy (non-hydrogen) atoms. The van der Waals surface area contributed by atoms with Crippen LogP contribution < -0.4 is 14.4 Å². The Kier molecular flexibility index (Phi) is 5.89. The molecular formula is C31H30N6O2. The fourth-order valence-corrected chi connectivity index (χ4v) is 5.79. The van der Waals surface area contributed by atoms with E-state index in [0.717, 1.165) is 54.4 Å². The molecule has 2 aromatic carbocycles. The molecule has 0 N–H and O–H groups in total. The molecule has 1 atom stereocenters. The van der Waals surface area contributed by atoms with E-state index in [1.54, 1.807) is 6.20 Å². The first-order chi connectivity index (χ1) is 19.2. The Morgan fingerprint density at radius 3 is 2.56 bits per heavy atom. The minimum Gasteiger partial charge on any atom is -0.454 e. The Morgan fingerprint density at radius 1 is 0.923 bits per heavy atom. The normalized spacial score (nSPS) is 16.2. The quantitative estimate of drug-likeness (QED) is 0.316. The lowest BCUT2D eigenvalue weighted by Gasteiger charge is -2.37. The van der Waals surface area contributed by atoms with Crippen molar-refractivity contribution < 1.29 is 9.47 Å². The monoisotopic (exact) mass is 518 g/mol. The molecule has 0 saturated heterocycles. The summed E-state index contributed by atoms with van der Waals surface area (Å²) in [6, 6.07) is 20.8. The molecule has 2 aliphatic rings. The third kappa shape index (κ3) is 4.17. The van der Waals surface area contributed by atoms with Gasteiger partial charge in [0.1, 0.15) is 0 Å². The molecule has 0 saturated carbocycles. The third-order valence-electron chi connectivity index (χ3n) is 7.63. The van der Waals surface area contributed by atoms with E-state index < -0.39 is 0 Å². The van der Waals surface area contributed by atoms with Crippen LogP contribution in [0.4, 0.5) is 5.95 Å². The zero-order chi connectivity index (χ0) is 26.3. The third-order valence-corrected chi connectivity index (χ3v) is 7.63. The van der Waals surface area contributed by atoms with Crippen LogP contribution in [0.5, 0.6) is 11.5 Å². The lowest BCUT2D eigenvalue weighted by atomic mass is 9.92. The molecule has 7 rings (SSSR count). The molecule has 2 aliphatic heterocycles. The van der Waals surface area contributed by atoms with Crippen molar-refractivity contribution in [2.24, 2.45) is 0 Å². The van der Waals surface area contributed by atoms with E-state index in [-0.39, 0.29) is 12.8 Å². The van der Waals surface area contributed by atoms with Gasteiger partial charge in [-0.15, -0.1) is 0 Å². The summed E-state index contributed by atoms with van der Waals surface area (Å²) >= 11 is 0. The number of nitrogens with zero attached hydrogens (tertiary/aromatic N) is 6. The summed E-state index contributed by atoms with van der Waals surface area (Å²) in [5, 5.41) is 1.32. The largest absolute Gasteiger partial charge is 0.454 e. The smallest absolute Gasteiger partial charge is 0.231 e. The number of para-hydroxylation sites is 1. The number of fused-ring (bicyclic) bond motifs is 4. The Bertz CT molecular complexity index is 1630. The minimum atomic E-state index is -0.0847. The Balaban J connectivity index is 1.38. The molecule has 0 radical (unpaired) electrons. The highest BCUT2D eigenvalue weighted by Gasteiger charge is 2.36. The highest BCUT2D eigenvalue weighted by molar-refractivity contribution is 5.87. The molecule has 196 valence electrons. The predicted octanol–water partition coefficient (Wildman–Crippen LogP) is 4.94. The van der Waals surface area contributed by atoms with Gasteiger partial charge in [0, 0.05) is 60.4 Å². The van der Waals surface area contributed by atoms with E-state index in [1.807, 2.05) is 36.7 Å². The number of ether oxygens (including phenoxy) is 2. The molecule has 0 aliphatic carbocycles. The van der Waals surface area contributed by atoms with E-state index >= 15 is 0 Å². The van der Waals surface area contributed by atoms with E-state index in [4.69, 9.17) is 19.4 Å². The summed E-state index contributed by atoms with van der Waals surface area (Å²) in [5.41, 5.74) is 6.85. The number of hydrogen-bond acceptors (Lipinski definition) is 7.